The molecular weight excluding hydrogens is 901 g/mol. The minimum atomic E-state index is -0.806. The standard InChI is InChI=1S/C67H112O6/c1-4-7-10-13-16-19-22-25-28-30-31-32-33-34-35-37-39-42-45-48-51-54-57-60-66(69)72-63-64(62-71-65(68)59-56-53-50-47-44-41-38-27-24-21-18-15-12-9-6-3)73-67(70)61-58-55-52-49-46-43-40-36-29-26-23-20-17-14-11-8-5-2/h9,12,17-18,20-22,25-27,29-31,33-34,38,44,47,64H,4-8,10-11,13-16,19,23-24,28,32,35-37,39-43,45-46,48-63H2,1-3H3/b12-9-,20-17-,21-18-,25-22-,29-26-,31-30-,34-33-,38-27-,47-44-. The van der Waals surface area contributed by atoms with Crippen LogP contribution < -0.4 is 0 Å². The molecule has 0 radical (unpaired) electrons. The van der Waals surface area contributed by atoms with E-state index in [-0.39, 0.29) is 31.1 Å². The van der Waals surface area contributed by atoms with Crippen LogP contribution in [0.1, 0.15) is 278 Å². The zero-order valence-corrected chi connectivity index (χ0v) is 47.6. The summed E-state index contributed by atoms with van der Waals surface area (Å²) in [7, 11) is 0. The first kappa shape index (κ1) is 69.1. The minimum absolute atomic E-state index is 0.0997. The van der Waals surface area contributed by atoms with E-state index in [0.29, 0.717) is 19.3 Å². The first-order chi connectivity index (χ1) is 36.0. The van der Waals surface area contributed by atoms with E-state index in [1.165, 1.54) is 122 Å². The second kappa shape index (κ2) is 60.6. The predicted octanol–water partition coefficient (Wildman–Crippen LogP) is 20.7. The number of hydrogen-bond donors (Lipinski definition) is 0. The third-order valence-electron chi connectivity index (χ3n) is 12.7. The van der Waals surface area contributed by atoms with Gasteiger partial charge in [-0.05, 0) is 128 Å². The summed E-state index contributed by atoms with van der Waals surface area (Å²) < 4.78 is 16.9. The van der Waals surface area contributed by atoms with Crippen molar-refractivity contribution in [3.05, 3.63) is 109 Å². The van der Waals surface area contributed by atoms with Gasteiger partial charge in [-0.3, -0.25) is 14.4 Å². The molecule has 0 aromatic heterocycles. The highest BCUT2D eigenvalue weighted by atomic mass is 16.6. The van der Waals surface area contributed by atoms with Crippen molar-refractivity contribution in [2.45, 2.75) is 284 Å². The second-order valence-electron chi connectivity index (χ2n) is 19.9. The molecule has 0 saturated carbocycles. The van der Waals surface area contributed by atoms with E-state index in [9.17, 15) is 14.4 Å². The lowest BCUT2D eigenvalue weighted by atomic mass is 10.1. The van der Waals surface area contributed by atoms with Gasteiger partial charge in [0.2, 0.25) is 0 Å². The maximum absolute atomic E-state index is 12.9. The summed E-state index contributed by atoms with van der Waals surface area (Å²) in [6.07, 6.45) is 82.3. The number of unbranched alkanes of at least 4 members (excludes halogenated alkanes) is 25. The molecule has 416 valence electrons. The predicted molar refractivity (Wildman–Crippen MR) is 316 cm³/mol. The molecular formula is C67H112O6. The van der Waals surface area contributed by atoms with E-state index in [1.54, 1.807) is 0 Å². The van der Waals surface area contributed by atoms with Gasteiger partial charge in [-0.15, -0.1) is 0 Å². The average molecular weight is 1010 g/mol. The van der Waals surface area contributed by atoms with Gasteiger partial charge in [0, 0.05) is 19.3 Å². The Morgan fingerprint density at radius 2 is 0.534 bits per heavy atom. The Morgan fingerprint density at radius 3 is 0.890 bits per heavy atom. The summed E-state index contributed by atoms with van der Waals surface area (Å²) in [5.74, 6) is -0.954. The first-order valence-electron chi connectivity index (χ1n) is 30.4. The van der Waals surface area contributed by atoms with Crippen molar-refractivity contribution >= 4 is 17.9 Å². The van der Waals surface area contributed by atoms with E-state index >= 15 is 0 Å². The van der Waals surface area contributed by atoms with Crippen molar-refractivity contribution in [2.75, 3.05) is 13.2 Å². The molecule has 0 aliphatic heterocycles. The third-order valence-corrected chi connectivity index (χ3v) is 12.7. The molecule has 6 heteroatoms. The highest BCUT2D eigenvalue weighted by Gasteiger charge is 2.19. The number of hydrogen-bond acceptors (Lipinski definition) is 6. The van der Waals surface area contributed by atoms with Crippen LogP contribution in [0.15, 0.2) is 109 Å². The number of carbonyl (C=O) groups excluding carboxylic acids is 3. The Hall–Kier alpha value is -3.93. The van der Waals surface area contributed by atoms with Crippen molar-refractivity contribution in [1.82, 2.24) is 0 Å². The summed E-state index contributed by atoms with van der Waals surface area (Å²) in [5, 5.41) is 0. The molecule has 6 nitrogen and oxygen atoms in total. The van der Waals surface area contributed by atoms with Crippen molar-refractivity contribution in [3.8, 4) is 0 Å². The molecule has 0 heterocycles. The van der Waals surface area contributed by atoms with Crippen LogP contribution in [-0.4, -0.2) is 37.2 Å². The molecule has 0 aliphatic carbocycles. The topological polar surface area (TPSA) is 78.9 Å². The quantitative estimate of drug-likeness (QED) is 0.0261. The van der Waals surface area contributed by atoms with Gasteiger partial charge in [-0.25, -0.2) is 0 Å². The lowest BCUT2D eigenvalue weighted by Gasteiger charge is -2.18. The SMILES string of the molecule is CC/C=C\C/C=C\C/C=C\C/C=C\CCCCC(=O)OCC(COC(=O)CCCCCCCCCC/C=C\C/C=C\C/C=C\CCCCCCC)OC(=O)CCCCCCCCC/C=C\C/C=C\CCCCC. The van der Waals surface area contributed by atoms with E-state index < -0.39 is 6.10 Å². The minimum Gasteiger partial charge on any atom is -0.462 e. The van der Waals surface area contributed by atoms with Crippen molar-refractivity contribution in [3.63, 3.8) is 0 Å². The number of carbonyl (C=O) groups is 3. The summed E-state index contributed by atoms with van der Waals surface area (Å²) in [4.78, 5) is 38.2. The fraction of sp³-hybridized carbons (Fsp3) is 0.687. The van der Waals surface area contributed by atoms with Crippen molar-refractivity contribution < 1.29 is 28.6 Å². The summed E-state index contributed by atoms with van der Waals surface area (Å²) in [6, 6.07) is 0. The molecule has 73 heavy (non-hydrogen) atoms. The van der Waals surface area contributed by atoms with E-state index in [0.717, 1.165) is 116 Å². The van der Waals surface area contributed by atoms with Gasteiger partial charge in [0.25, 0.3) is 0 Å². The van der Waals surface area contributed by atoms with Crippen LogP contribution >= 0.6 is 0 Å². The number of esters is 3. The van der Waals surface area contributed by atoms with Crippen molar-refractivity contribution in [2.24, 2.45) is 0 Å². The largest absolute Gasteiger partial charge is 0.462 e. The molecule has 0 aliphatic rings. The van der Waals surface area contributed by atoms with Gasteiger partial charge in [-0.1, -0.05) is 239 Å². The fourth-order valence-corrected chi connectivity index (χ4v) is 8.18. The Labute approximate surface area is 450 Å². The monoisotopic (exact) mass is 1010 g/mol. The van der Waals surface area contributed by atoms with Crippen LogP contribution in [0, 0.1) is 0 Å². The Bertz CT molecular complexity index is 1490. The molecule has 0 spiro atoms. The summed E-state index contributed by atoms with van der Waals surface area (Å²) in [5.41, 5.74) is 0. The fourth-order valence-electron chi connectivity index (χ4n) is 8.18. The second-order valence-corrected chi connectivity index (χ2v) is 19.9. The number of allylic oxidation sites excluding steroid dienone is 18. The van der Waals surface area contributed by atoms with Crippen LogP contribution in [-0.2, 0) is 28.6 Å². The van der Waals surface area contributed by atoms with Crippen LogP contribution in [0.5, 0.6) is 0 Å². The Balaban J connectivity index is 4.43. The normalized spacial score (nSPS) is 12.9. The van der Waals surface area contributed by atoms with Gasteiger partial charge in [0.1, 0.15) is 13.2 Å². The molecule has 0 bridgehead atoms. The molecule has 0 rings (SSSR count). The van der Waals surface area contributed by atoms with Gasteiger partial charge >= 0.3 is 17.9 Å². The zero-order chi connectivity index (χ0) is 52.9. The number of rotatable bonds is 54. The first-order valence-corrected chi connectivity index (χ1v) is 30.4. The number of ether oxygens (including phenoxy) is 3. The molecule has 1 unspecified atom stereocenters. The Kier molecular flexibility index (Phi) is 57.4. The smallest absolute Gasteiger partial charge is 0.306 e. The van der Waals surface area contributed by atoms with E-state index in [1.807, 2.05) is 0 Å². The third kappa shape index (κ3) is 58.8. The van der Waals surface area contributed by atoms with Crippen LogP contribution in [0.4, 0.5) is 0 Å². The molecule has 0 aromatic carbocycles. The van der Waals surface area contributed by atoms with Crippen LogP contribution in [0.3, 0.4) is 0 Å². The van der Waals surface area contributed by atoms with Crippen LogP contribution in [0.2, 0.25) is 0 Å². The summed E-state index contributed by atoms with van der Waals surface area (Å²) in [6.45, 7) is 6.45. The van der Waals surface area contributed by atoms with Crippen molar-refractivity contribution in [1.29, 1.82) is 0 Å². The average Bonchev–Trinajstić information content (AvgIpc) is 3.39. The molecule has 0 N–H and O–H groups in total. The maximum atomic E-state index is 12.9. The maximum Gasteiger partial charge on any atom is 0.306 e. The zero-order valence-electron chi connectivity index (χ0n) is 47.6. The van der Waals surface area contributed by atoms with Gasteiger partial charge in [0.15, 0.2) is 6.10 Å². The molecule has 0 fully saturated rings. The highest BCUT2D eigenvalue weighted by Crippen LogP contribution is 2.14. The van der Waals surface area contributed by atoms with Gasteiger partial charge in [0.05, 0.1) is 0 Å². The van der Waals surface area contributed by atoms with E-state index in [2.05, 4.69) is 130 Å². The van der Waals surface area contributed by atoms with E-state index in [4.69, 9.17) is 14.2 Å². The lowest BCUT2D eigenvalue weighted by molar-refractivity contribution is -0.167. The Morgan fingerprint density at radius 1 is 0.288 bits per heavy atom. The lowest BCUT2D eigenvalue weighted by Crippen LogP contribution is -2.30. The molecule has 0 aromatic rings. The molecule has 0 saturated heterocycles. The van der Waals surface area contributed by atoms with Crippen LogP contribution in [0.25, 0.3) is 0 Å². The highest BCUT2D eigenvalue weighted by molar-refractivity contribution is 5.71. The van der Waals surface area contributed by atoms with Gasteiger partial charge in [-0.2, -0.15) is 0 Å². The molecule has 0 amide bonds. The molecule has 1 atom stereocenters. The summed E-state index contributed by atoms with van der Waals surface area (Å²) >= 11 is 0. The van der Waals surface area contributed by atoms with Gasteiger partial charge < -0.3 is 14.2 Å².